The molecule has 2 atom stereocenters. The fourth-order valence-corrected chi connectivity index (χ4v) is 2.06. The van der Waals surface area contributed by atoms with Gasteiger partial charge in [0.2, 0.25) is 5.91 Å². The van der Waals surface area contributed by atoms with Crippen molar-refractivity contribution in [1.29, 1.82) is 0 Å². The zero-order valence-electron chi connectivity index (χ0n) is 11.7. The average Bonchev–Trinajstić information content (AvgIpc) is 2.28. The highest BCUT2D eigenvalue weighted by molar-refractivity contribution is 5.87. The van der Waals surface area contributed by atoms with E-state index in [-0.39, 0.29) is 11.9 Å². The maximum absolute atomic E-state index is 12.2. The SMILES string of the molecule is CC(C)CC(C)NC(=O)C(C)(N)c1ccccc1. The molecular formula is C15H24N2O. The molecule has 0 bridgehead atoms. The minimum atomic E-state index is -0.980. The normalized spacial score (nSPS) is 16.1. The number of rotatable bonds is 5. The average molecular weight is 248 g/mol. The van der Waals surface area contributed by atoms with Crippen molar-refractivity contribution in [2.45, 2.75) is 45.7 Å². The number of carbonyl (C=O) groups is 1. The highest BCUT2D eigenvalue weighted by Crippen LogP contribution is 2.18. The molecule has 0 aliphatic rings. The van der Waals surface area contributed by atoms with E-state index in [2.05, 4.69) is 19.2 Å². The summed E-state index contributed by atoms with van der Waals surface area (Å²) >= 11 is 0. The van der Waals surface area contributed by atoms with Gasteiger partial charge < -0.3 is 11.1 Å². The molecule has 1 aromatic carbocycles. The van der Waals surface area contributed by atoms with Gasteiger partial charge >= 0.3 is 0 Å². The summed E-state index contributed by atoms with van der Waals surface area (Å²) in [5.41, 5.74) is 6.00. The Balaban J connectivity index is 2.71. The molecule has 18 heavy (non-hydrogen) atoms. The van der Waals surface area contributed by atoms with Crippen molar-refractivity contribution in [2.24, 2.45) is 11.7 Å². The largest absolute Gasteiger partial charge is 0.352 e. The van der Waals surface area contributed by atoms with Gasteiger partial charge in [-0.3, -0.25) is 4.79 Å². The monoisotopic (exact) mass is 248 g/mol. The van der Waals surface area contributed by atoms with Crippen LogP contribution in [-0.4, -0.2) is 11.9 Å². The van der Waals surface area contributed by atoms with E-state index in [1.165, 1.54) is 0 Å². The zero-order chi connectivity index (χ0) is 13.8. The summed E-state index contributed by atoms with van der Waals surface area (Å²) in [6.45, 7) is 8.04. The van der Waals surface area contributed by atoms with E-state index in [0.29, 0.717) is 5.92 Å². The van der Waals surface area contributed by atoms with Gasteiger partial charge in [-0.2, -0.15) is 0 Å². The zero-order valence-corrected chi connectivity index (χ0v) is 11.7. The summed E-state index contributed by atoms with van der Waals surface area (Å²) in [6, 6.07) is 9.61. The van der Waals surface area contributed by atoms with Gasteiger partial charge in [0.25, 0.3) is 0 Å². The number of nitrogens with one attached hydrogen (secondary N) is 1. The summed E-state index contributed by atoms with van der Waals surface area (Å²) in [5.74, 6) is 0.433. The van der Waals surface area contributed by atoms with Crippen molar-refractivity contribution in [3.8, 4) is 0 Å². The van der Waals surface area contributed by atoms with Gasteiger partial charge in [0.05, 0.1) is 0 Å². The Morgan fingerprint density at radius 2 is 1.83 bits per heavy atom. The third-order valence-electron chi connectivity index (χ3n) is 3.05. The summed E-state index contributed by atoms with van der Waals surface area (Å²) in [5, 5.41) is 2.99. The maximum Gasteiger partial charge on any atom is 0.244 e. The molecule has 3 nitrogen and oxygen atoms in total. The molecular weight excluding hydrogens is 224 g/mol. The molecule has 0 spiro atoms. The Labute approximate surface area is 110 Å². The van der Waals surface area contributed by atoms with Crippen molar-refractivity contribution in [3.05, 3.63) is 35.9 Å². The number of hydrogen-bond donors (Lipinski definition) is 2. The van der Waals surface area contributed by atoms with Crippen molar-refractivity contribution < 1.29 is 4.79 Å². The van der Waals surface area contributed by atoms with Crippen LogP contribution in [-0.2, 0) is 10.3 Å². The molecule has 0 saturated carbocycles. The van der Waals surface area contributed by atoms with E-state index in [1.54, 1.807) is 6.92 Å². The van der Waals surface area contributed by atoms with Crippen LogP contribution in [0.3, 0.4) is 0 Å². The standard InChI is InChI=1S/C15H24N2O/c1-11(2)10-12(3)17-14(18)15(4,16)13-8-6-5-7-9-13/h5-9,11-12H,10,16H2,1-4H3,(H,17,18). The second-order valence-electron chi connectivity index (χ2n) is 5.57. The van der Waals surface area contributed by atoms with Crippen LogP contribution in [0, 0.1) is 5.92 Å². The molecule has 0 aliphatic carbocycles. The fraction of sp³-hybridized carbons (Fsp3) is 0.533. The van der Waals surface area contributed by atoms with E-state index < -0.39 is 5.54 Å². The van der Waals surface area contributed by atoms with Crippen LogP contribution < -0.4 is 11.1 Å². The van der Waals surface area contributed by atoms with E-state index >= 15 is 0 Å². The number of carbonyl (C=O) groups excluding carboxylic acids is 1. The van der Waals surface area contributed by atoms with E-state index in [9.17, 15) is 4.79 Å². The van der Waals surface area contributed by atoms with E-state index in [4.69, 9.17) is 5.73 Å². The maximum atomic E-state index is 12.2. The molecule has 0 heterocycles. The topological polar surface area (TPSA) is 55.1 Å². The molecule has 0 aliphatic heterocycles. The van der Waals surface area contributed by atoms with Gasteiger partial charge in [0, 0.05) is 6.04 Å². The Bertz CT molecular complexity index is 385. The number of nitrogens with two attached hydrogens (primary N) is 1. The van der Waals surface area contributed by atoms with Crippen LogP contribution in [0.25, 0.3) is 0 Å². The van der Waals surface area contributed by atoms with Crippen LogP contribution in [0.5, 0.6) is 0 Å². The second kappa shape index (κ2) is 6.01. The van der Waals surface area contributed by atoms with Gasteiger partial charge in [0.15, 0.2) is 0 Å². The highest BCUT2D eigenvalue weighted by atomic mass is 16.2. The molecule has 2 unspecified atom stereocenters. The van der Waals surface area contributed by atoms with E-state index in [1.807, 2.05) is 37.3 Å². The Hall–Kier alpha value is -1.35. The molecule has 0 saturated heterocycles. The molecule has 3 N–H and O–H groups in total. The van der Waals surface area contributed by atoms with Gasteiger partial charge in [-0.15, -0.1) is 0 Å². The smallest absolute Gasteiger partial charge is 0.244 e. The number of hydrogen-bond acceptors (Lipinski definition) is 2. The lowest BCUT2D eigenvalue weighted by molar-refractivity contribution is -0.126. The fourth-order valence-electron chi connectivity index (χ4n) is 2.06. The van der Waals surface area contributed by atoms with Crippen molar-refractivity contribution >= 4 is 5.91 Å². The van der Waals surface area contributed by atoms with Gasteiger partial charge in [-0.25, -0.2) is 0 Å². The van der Waals surface area contributed by atoms with Crippen LogP contribution in [0.15, 0.2) is 30.3 Å². The first kappa shape index (κ1) is 14.7. The molecule has 3 heteroatoms. The predicted octanol–water partition coefficient (Wildman–Crippen LogP) is 2.41. The third kappa shape index (κ3) is 3.84. The summed E-state index contributed by atoms with van der Waals surface area (Å²) < 4.78 is 0. The van der Waals surface area contributed by atoms with Crippen LogP contribution in [0.4, 0.5) is 0 Å². The Morgan fingerprint density at radius 1 is 1.28 bits per heavy atom. The molecule has 1 aromatic rings. The molecule has 1 amide bonds. The molecule has 100 valence electrons. The first-order valence-corrected chi connectivity index (χ1v) is 6.49. The summed E-state index contributed by atoms with van der Waals surface area (Å²) in [7, 11) is 0. The molecule has 0 radical (unpaired) electrons. The number of amides is 1. The lowest BCUT2D eigenvalue weighted by Crippen LogP contribution is -2.51. The molecule has 0 fully saturated rings. The van der Waals surface area contributed by atoms with Crippen molar-refractivity contribution in [3.63, 3.8) is 0 Å². The Morgan fingerprint density at radius 3 is 2.33 bits per heavy atom. The Kier molecular flexibility index (Phi) is 4.91. The lowest BCUT2D eigenvalue weighted by atomic mass is 9.91. The third-order valence-corrected chi connectivity index (χ3v) is 3.05. The van der Waals surface area contributed by atoms with Crippen molar-refractivity contribution in [1.82, 2.24) is 5.32 Å². The first-order chi connectivity index (χ1) is 8.34. The van der Waals surface area contributed by atoms with Gasteiger partial charge in [-0.05, 0) is 31.7 Å². The van der Waals surface area contributed by atoms with Crippen LogP contribution in [0.1, 0.15) is 39.7 Å². The molecule has 0 aromatic heterocycles. The van der Waals surface area contributed by atoms with Gasteiger partial charge in [-0.1, -0.05) is 44.2 Å². The summed E-state index contributed by atoms with van der Waals surface area (Å²) in [4.78, 5) is 12.2. The van der Waals surface area contributed by atoms with Gasteiger partial charge in [0.1, 0.15) is 5.54 Å². The number of benzene rings is 1. The van der Waals surface area contributed by atoms with Crippen LogP contribution >= 0.6 is 0 Å². The quantitative estimate of drug-likeness (QED) is 0.840. The first-order valence-electron chi connectivity index (χ1n) is 6.49. The lowest BCUT2D eigenvalue weighted by Gasteiger charge is -2.27. The minimum absolute atomic E-state index is 0.123. The van der Waals surface area contributed by atoms with Crippen LogP contribution in [0.2, 0.25) is 0 Å². The van der Waals surface area contributed by atoms with E-state index in [0.717, 1.165) is 12.0 Å². The predicted molar refractivity (Wildman–Crippen MR) is 75.0 cm³/mol. The van der Waals surface area contributed by atoms with Crippen molar-refractivity contribution in [2.75, 3.05) is 0 Å². The highest BCUT2D eigenvalue weighted by Gasteiger charge is 2.31. The molecule has 1 rings (SSSR count). The summed E-state index contributed by atoms with van der Waals surface area (Å²) in [6.07, 6.45) is 0.955. The minimum Gasteiger partial charge on any atom is -0.352 e. The second-order valence-corrected chi connectivity index (χ2v) is 5.57.